The first-order valence-corrected chi connectivity index (χ1v) is 3.90. The fraction of sp³-hybridized carbons (Fsp3) is 0.750. The van der Waals surface area contributed by atoms with Crippen LogP contribution < -0.4 is 0 Å². The maximum Gasteiger partial charge on any atom is 0.181 e. The highest BCUT2D eigenvalue weighted by Gasteiger charge is 2.14. The molecule has 0 aromatic rings. The summed E-state index contributed by atoms with van der Waals surface area (Å²) in [7, 11) is 3.80. The summed E-state index contributed by atoms with van der Waals surface area (Å²) in [6, 6.07) is 0. The van der Waals surface area contributed by atoms with Crippen LogP contribution in [0.15, 0.2) is 12.5 Å². The standard InChI is InChI=1S/C8H16N2O/c1-8(11-3)10-6-4-9(2)5-7-10/h1,4-7H2,2-3H3. The number of hydrogen-bond acceptors (Lipinski definition) is 3. The molecule has 64 valence electrons. The second-order valence-electron chi connectivity index (χ2n) is 2.89. The minimum Gasteiger partial charge on any atom is -0.483 e. The molecule has 0 bridgehead atoms. The Labute approximate surface area is 68.2 Å². The highest BCUT2D eigenvalue weighted by Crippen LogP contribution is 2.06. The van der Waals surface area contributed by atoms with Gasteiger partial charge in [-0.1, -0.05) is 0 Å². The van der Waals surface area contributed by atoms with Crippen molar-refractivity contribution < 1.29 is 4.74 Å². The molecule has 0 unspecified atom stereocenters. The molecule has 0 aromatic heterocycles. The van der Waals surface area contributed by atoms with Crippen LogP contribution in [0.2, 0.25) is 0 Å². The van der Waals surface area contributed by atoms with Crippen LogP contribution in [-0.4, -0.2) is 50.1 Å². The van der Waals surface area contributed by atoms with Gasteiger partial charge in [0.25, 0.3) is 0 Å². The summed E-state index contributed by atoms with van der Waals surface area (Å²) in [5.41, 5.74) is 0. The van der Waals surface area contributed by atoms with Gasteiger partial charge in [0.1, 0.15) is 0 Å². The lowest BCUT2D eigenvalue weighted by Gasteiger charge is -2.33. The van der Waals surface area contributed by atoms with Crippen LogP contribution in [0.25, 0.3) is 0 Å². The van der Waals surface area contributed by atoms with Gasteiger partial charge in [0.2, 0.25) is 0 Å². The zero-order valence-corrected chi connectivity index (χ0v) is 7.34. The zero-order valence-electron chi connectivity index (χ0n) is 7.34. The summed E-state index contributed by atoms with van der Waals surface area (Å²) in [4.78, 5) is 4.47. The van der Waals surface area contributed by atoms with Crippen molar-refractivity contribution in [2.45, 2.75) is 0 Å². The van der Waals surface area contributed by atoms with Gasteiger partial charge >= 0.3 is 0 Å². The lowest BCUT2D eigenvalue weighted by Crippen LogP contribution is -2.43. The number of methoxy groups -OCH3 is 1. The van der Waals surface area contributed by atoms with Gasteiger partial charge in [-0.3, -0.25) is 0 Å². The number of ether oxygens (including phenoxy) is 1. The first kappa shape index (κ1) is 8.40. The van der Waals surface area contributed by atoms with Crippen molar-refractivity contribution in [3.8, 4) is 0 Å². The quantitative estimate of drug-likeness (QED) is 0.537. The molecule has 0 N–H and O–H groups in total. The van der Waals surface area contributed by atoms with Crippen LogP contribution >= 0.6 is 0 Å². The Kier molecular flexibility index (Phi) is 2.76. The molecule has 3 nitrogen and oxygen atoms in total. The topological polar surface area (TPSA) is 15.7 Å². The molecule has 0 aromatic carbocycles. The predicted molar refractivity (Wildman–Crippen MR) is 45.2 cm³/mol. The number of nitrogens with zero attached hydrogens (tertiary/aromatic N) is 2. The van der Waals surface area contributed by atoms with E-state index in [0.717, 1.165) is 32.1 Å². The molecule has 0 amide bonds. The smallest absolute Gasteiger partial charge is 0.181 e. The van der Waals surface area contributed by atoms with Crippen molar-refractivity contribution in [2.75, 3.05) is 40.3 Å². The average Bonchev–Trinajstić information content (AvgIpc) is 2.05. The van der Waals surface area contributed by atoms with Gasteiger partial charge in [-0.15, -0.1) is 0 Å². The first-order valence-electron chi connectivity index (χ1n) is 3.90. The van der Waals surface area contributed by atoms with E-state index in [0.29, 0.717) is 0 Å². The van der Waals surface area contributed by atoms with E-state index >= 15 is 0 Å². The monoisotopic (exact) mass is 156 g/mol. The van der Waals surface area contributed by atoms with Gasteiger partial charge in [-0.05, 0) is 13.6 Å². The van der Waals surface area contributed by atoms with E-state index in [-0.39, 0.29) is 0 Å². The lowest BCUT2D eigenvalue weighted by molar-refractivity contribution is 0.105. The third-order valence-electron chi connectivity index (χ3n) is 2.09. The van der Waals surface area contributed by atoms with Crippen molar-refractivity contribution in [1.29, 1.82) is 0 Å². The Bertz CT molecular complexity index is 139. The molecule has 1 rings (SSSR count). The minimum absolute atomic E-state index is 0.790. The van der Waals surface area contributed by atoms with Gasteiger partial charge in [0, 0.05) is 26.2 Å². The summed E-state index contributed by atoms with van der Waals surface area (Å²) in [5.74, 6) is 0.790. The van der Waals surface area contributed by atoms with Gasteiger partial charge in [-0.25, -0.2) is 0 Å². The number of hydrogen-bond donors (Lipinski definition) is 0. The summed E-state index contributed by atoms with van der Waals surface area (Å²) in [5, 5.41) is 0. The Morgan fingerprint density at radius 1 is 1.27 bits per heavy atom. The predicted octanol–water partition coefficient (Wildman–Crippen LogP) is 0.351. The van der Waals surface area contributed by atoms with Crippen LogP contribution in [0.1, 0.15) is 0 Å². The third kappa shape index (κ3) is 2.12. The van der Waals surface area contributed by atoms with E-state index in [1.54, 1.807) is 7.11 Å². The van der Waals surface area contributed by atoms with E-state index in [1.165, 1.54) is 0 Å². The molecule has 0 radical (unpaired) electrons. The Balaban J connectivity index is 2.33. The molecule has 0 spiro atoms. The van der Waals surface area contributed by atoms with Gasteiger partial charge in [-0.2, -0.15) is 0 Å². The summed E-state index contributed by atoms with van der Waals surface area (Å²) in [6.45, 7) is 8.07. The Morgan fingerprint density at radius 3 is 2.27 bits per heavy atom. The van der Waals surface area contributed by atoms with Crippen molar-refractivity contribution in [1.82, 2.24) is 9.80 Å². The fourth-order valence-corrected chi connectivity index (χ4v) is 1.18. The highest BCUT2D eigenvalue weighted by molar-refractivity contribution is 4.86. The number of piperazine rings is 1. The van der Waals surface area contributed by atoms with Gasteiger partial charge in [0.15, 0.2) is 5.88 Å². The molecule has 0 atom stereocenters. The van der Waals surface area contributed by atoms with E-state index in [9.17, 15) is 0 Å². The number of likely N-dealkylation sites (N-methyl/N-ethyl adjacent to an activating group) is 1. The van der Waals surface area contributed by atoms with Crippen molar-refractivity contribution in [2.24, 2.45) is 0 Å². The Hall–Kier alpha value is -0.700. The molecule has 3 heteroatoms. The molecule has 1 saturated heterocycles. The Morgan fingerprint density at radius 2 is 1.82 bits per heavy atom. The average molecular weight is 156 g/mol. The molecule has 0 aliphatic carbocycles. The molecule has 1 fully saturated rings. The molecule has 1 aliphatic rings. The van der Waals surface area contributed by atoms with Gasteiger partial charge in [0.05, 0.1) is 7.11 Å². The van der Waals surface area contributed by atoms with Crippen LogP contribution in [0.4, 0.5) is 0 Å². The minimum atomic E-state index is 0.790. The van der Waals surface area contributed by atoms with Crippen molar-refractivity contribution in [3.63, 3.8) is 0 Å². The molecule has 1 aliphatic heterocycles. The second kappa shape index (κ2) is 3.62. The molecule has 11 heavy (non-hydrogen) atoms. The highest BCUT2D eigenvalue weighted by atomic mass is 16.5. The van der Waals surface area contributed by atoms with E-state index < -0.39 is 0 Å². The second-order valence-corrected chi connectivity index (χ2v) is 2.89. The maximum atomic E-state index is 5.04. The molecule has 1 heterocycles. The SMILES string of the molecule is C=C(OC)N1CCN(C)CC1. The summed E-state index contributed by atoms with van der Waals surface area (Å²) in [6.07, 6.45) is 0. The molecular formula is C8H16N2O. The zero-order chi connectivity index (χ0) is 8.27. The van der Waals surface area contributed by atoms with E-state index in [2.05, 4.69) is 23.4 Å². The van der Waals surface area contributed by atoms with E-state index in [1.807, 2.05) is 0 Å². The van der Waals surface area contributed by atoms with Gasteiger partial charge < -0.3 is 14.5 Å². The normalized spacial score (nSPS) is 20.0. The maximum absolute atomic E-state index is 5.04. The fourth-order valence-electron chi connectivity index (χ4n) is 1.18. The van der Waals surface area contributed by atoms with Crippen LogP contribution in [-0.2, 0) is 4.74 Å². The largest absolute Gasteiger partial charge is 0.483 e. The van der Waals surface area contributed by atoms with Crippen LogP contribution in [0.5, 0.6) is 0 Å². The summed E-state index contributed by atoms with van der Waals surface area (Å²) >= 11 is 0. The van der Waals surface area contributed by atoms with Crippen LogP contribution in [0.3, 0.4) is 0 Å². The number of rotatable bonds is 2. The summed E-state index contributed by atoms with van der Waals surface area (Å²) < 4.78 is 5.04. The van der Waals surface area contributed by atoms with Crippen molar-refractivity contribution >= 4 is 0 Å². The van der Waals surface area contributed by atoms with Crippen LogP contribution in [0, 0.1) is 0 Å². The molecular weight excluding hydrogens is 140 g/mol. The van der Waals surface area contributed by atoms with Crippen molar-refractivity contribution in [3.05, 3.63) is 12.5 Å². The third-order valence-corrected chi connectivity index (χ3v) is 2.09. The lowest BCUT2D eigenvalue weighted by atomic mass is 10.3. The first-order chi connectivity index (χ1) is 5.24. The molecule has 0 saturated carbocycles. The van der Waals surface area contributed by atoms with E-state index in [4.69, 9.17) is 4.74 Å².